The van der Waals surface area contributed by atoms with Crippen LogP contribution in [0.4, 0.5) is 0 Å². The van der Waals surface area contributed by atoms with Crippen molar-refractivity contribution < 1.29 is 4.74 Å². The number of nitrogens with two attached hydrogens (primary N) is 1. The van der Waals surface area contributed by atoms with Crippen LogP contribution in [0.5, 0.6) is 0 Å². The molecule has 0 saturated carbocycles. The Bertz CT molecular complexity index is 312. The van der Waals surface area contributed by atoms with Crippen molar-refractivity contribution in [1.82, 2.24) is 10.4 Å². The Hall–Kier alpha value is -0.970. The van der Waals surface area contributed by atoms with Gasteiger partial charge in [-0.15, -0.1) is 0 Å². The Morgan fingerprint density at radius 1 is 1.41 bits per heavy atom. The highest BCUT2D eigenvalue weighted by Crippen LogP contribution is 2.21. The van der Waals surface area contributed by atoms with Crippen LogP contribution in [0.15, 0.2) is 24.4 Å². The standard InChI is InChI=1S/C13H21N3O/c14-16-13(11-6-9-17-10-7-11)5-4-12-3-1-2-8-15-12/h1-3,8,11,13,16H,4-7,9-10,14H2. The molecule has 94 valence electrons. The molecule has 0 aromatic carbocycles. The van der Waals surface area contributed by atoms with E-state index in [2.05, 4.69) is 16.5 Å². The second kappa shape index (κ2) is 6.69. The number of nitrogens with one attached hydrogen (secondary N) is 1. The Kier molecular flexibility index (Phi) is 4.91. The van der Waals surface area contributed by atoms with Gasteiger partial charge < -0.3 is 4.74 Å². The van der Waals surface area contributed by atoms with Gasteiger partial charge in [-0.05, 0) is 43.7 Å². The van der Waals surface area contributed by atoms with Gasteiger partial charge in [-0.1, -0.05) is 6.07 Å². The van der Waals surface area contributed by atoms with Gasteiger partial charge in [0.1, 0.15) is 0 Å². The molecule has 17 heavy (non-hydrogen) atoms. The molecule has 2 heterocycles. The fourth-order valence-electron chi connectivity index (χ4n) is 2.42. The van der Waals surface area contributed by atoms with Crippen molar-refractivity contribution in [2.75, 3.05) is 13.2 Å². The fraction of sp³-hybridized carbons (Fsp3) is 0.615. The highest BCUT2D eigenvalue weighted by molar-refractivity contribution is 5.03. The summed E-state index contributed by atoms with van der Waals surface area (Å²) in [5.41, 5.74) is 4.10. The van der Waals surface area contributed by atoms with E-state index in [1.54, 1.807) is 0 Å². The van der Waals surface area contributed by atoms with Crippen LogP contribution in [0.1, 0.15) is 25.0 Å². The van der Waals surface area contributed by atoms with Gasteiger partial charge in [-0.3, -0.25) is 16.3 Å². The van der Waals surface area contributed by atoms with Crippen molar-refractivity contribution in [2.24, 2.45) is 11.8 Å². The topological polar surface area (TPSA) is 60.2 Å². The first kappa shape index (κ1) is 12.5. The third-order valence-electron chi connectivity index (χ3n) is 3.49. The highest BCUT2D eigenvalue weighted by atomic mass is 16.5. The molecule has 4 nitrogen and oxygen atoms in total. The number of aryl methyl sites for hydroxylation is 1. The van der Waals surface area contributed by atoms with Gasteiger partial charge in [0.25, 0.3) is 0 Å². The summed E-state index contributed by atoms with van der Waals surface area (Å²) in [4.78, 5) is 4.34. The molecule has 1 unspecified atom stereocenters. The van der Waals surface area contributed by atoms with Gasteiger partial charge in [0.05, 0.1) is 0 Å². The molecule has 1 aliphatic rings. The number of nitrogens with zero attached hydrogens (tertiary/aromatic N) is 1. The minimum Gasteiger partial charge on any atom is -0.381 e. The molecule has 0 radical (unpaired) electrons. The molecule has 1 atom stereocenters. The molecule has 0 amide bonds. The number of pyridine rings is 1. The first-order valence-corrected chi connectivity index (χ1v) is 6.34. The van der Waals surface area contributed by atoms with E-state index in [4.69, 9.17) is 10.6 Å². The van der Waals surface area contributed by atoms with E-state index in [0.717, 1.165) is 44.6 Å². The first-order chi connectivity index (χ1) is 8.40. The van der Waals surface area contributed by atoms with Crippen molar-refractivity contribution in [2.45, 2.75) is 31.7 Å². The summed E-state index contributed by atoms with van der Waals surface area (Å²) >= 11 is 0. The Labute approximate surface area is 103 Å². The third-order valence-corrected chi connectivity index (χ3v) is 3.49. The maximum atomic E-state index is 5.66. The lowest BCUT2D eigenvalue weighted by molar-refractivity contribution is 0.0526. The van der Waals surface area contributed by atoms with E-state index in [1.165, 1.54) is 0 Å². The third kappa shape index (κ3) is 3.77. The Morgan fingerprint density at radius 3 is 2.88 bits per heavy atom. The second-order valence-corrected chi connectivity index (χ2v) is 4.58. The maximum absolute atomic E-state index is 5.66. The van der Waals surface area contributed by atoms with Crippen LogP contribution >= 0.6 is 0 Å². The average molecular weight is 235 g/mol. The van der Waals surface area contributed by atoms with Crippen LogP contribution in [0, 0.1) is 5.92 Å². The summed E-state index contributed by atoms with van der Waals surface area (Å²) in [6, 6.07) is 6.42. The highest BCUT2D eigenvalue weighted by Gasteiger charge is 2.22. The van der Waals surface area contributed by atoms with Crippen LogP contribution in [-0.2, 0) is 11.2 Å². The smallest absolute Gasteiger partial charge is 0.0469 e. The monoisotopic (exact) mass is 235 g/mol. The van der Waals surface area contributed by atoms with E-state index < -0.39 is 0 Å². The molecule has 0 spiro atoms. The molecule has 1 aromatic rings. The number of hydrogen-bond donors (Lipinski definition) is 2. The summed E-state index contributed by atoms with van der Waals surface area (Å²) in [5, 5.41) is 0. The summed E-state index contributed by atoms with van der Waals surface area (Å²) in [6.45, 7) is 1.73. The van der Waals surface area contributed by atoms with Crippen LogP contribution in [-0.4, -0.2) is 24.2 Å². The number of ether oxygens (including phenoxy) is 1. The van der Waals surface area contributed by atoms with Crippen molar-refractivity contribution in [3.05, 3.63) is 30.1 Å². The van der Waals surface area contributed by atoms with E-state index in [-0.39, 0.29) is 0 Å². The molecule has 4 heteroatoms. The molecular weight excluding hydrogens is 214 g/mol. The molecule has 3 N–H and O–H groups in total. The van der Waals surface area contributed by atoms with Crippen LogP contribution in [0.3, 0.4) is 0 Å². The van der Waals surface area contributed by atoms with Crippen LogP contribution < -0.4 is 11.3 Å². The first-order valence-electron chi connectivity index (χ1n) is 6.34. The van der Waals surface area contributed by atoms with Gasteiger partial charge in [0.2, 0.25) is 0 Å². The molecule has 1 aliphatic heterocycles. The molecular formula is C13H21N3O. The number of hydrazine groups is 1. The van der Waals surface area contributed by atoms with Crippen LogP contribution in [0.25, 0.3) is 0 Å². The maximum Gasteiger partial charge on any atom is 0.0469 e. The van der Waals surface area contributed by atoms with Gasteiger partial charge in [-0.2, -0.15) is 0 Å². The zero-order chi connectivity index (χ0) is 11.9. The normalized spacial score (nSPS) is 19.1. The lowest BCUT2D eigenvalue weighted by Crippen LogP contribution is -2.43. The van der Waals surface area contributed by atoms with E-state index in [9.17, 15) is 0 Å². The largest absolute Gasteiger partial charge is 0.381 e. The van der Waals surface area contributed by atoms with E-state index in [0.29, 0.717) is 12.0 Å². The molecule has 0 aliphatic carbocycles. The number of rotatable bonds is 5. The average Bonchev–Trinajstić information content (AvgIpc) is 2.42. The van der Waals surface area contributed by atoms with Crippen LogP contribution in [0.2, 0.25) is 0 Å². The summed E-state index contributed by atoms with van der Waals surface area (Å²) < 4.78 is 5.38. The summed E-state index contributed by atoms with van der Waals surface area (Å²) in [6.07, 6.45) is 6.08. The minimum atomic E-state index is 0.376. The SMILES string of the molecule is NNC(CCc1ccccn1)C1CCOCC1. The number of hydrogen-bond acceptors (Lipinski definition) is 4. The predicted octanol–water partition coefficient (Wildman–Crippen LogP) is 1.27. The minimum absolute atomic E-state index is 0.376. The van der Waals surface area contributed by atoms with Gasteiger partial charge in [0.15, 0.2) is 0 Å². The van der Waals surface area contributed by atoms with Gasteiger partial charge >= 0.3 is 0 Å². The predicted molar refractivity (Wildman–Crippen MR) is 67.2 cm³/mol. The molecule has 0 bridgehead atoms. The van der Waals surface area contributed by atoms with Crippen molar-refractivity contribution in [1.29, 1.82) is 0 Å². The Balaban J connectivity index is 1.82. The lowest BCUT2D eigenvalue weighted by Gasteiger charge is -2.29. The van der Waals surface area contributed by atoms with E-state index in [1.807, 2.05) is 18.3 Å². The summed E-state index contributed by atoms with van der Waals surface area (Å²) in [7, 11) is 0. The number of aromatic nitrogens is 1. The Morgan fingerprint density at radius 2 is 2.24 bits per heavy atom. The second-order valence-electron chi connectivity index (χ2n) is 4.58. The van der Waals surface area contributed by atoms with Gasteiger partial charge in [-0.25, -0.2) is 0 Å². The summed E-state index contributed by atoms with van der Waals surface area (Å²) in [5.74, 6) is 6.29. The van der Waals surface area contributed by atoms with Gasteiger partial charge in [0, 0.05) is 31.1 Å². The molecule has 2 rings (SSSR count). The zero-order valence-corrected chi connectivity index (χ0v) is 10.1. The van der Waals surface area contributed by atoms with Crippen molar-refractivity contribution >= 4 is 0 Å². The zero-order valence-electron chi connectivity index (χ0n) is 10.1. The van der Waals surface area contributed by atoms with Crippen molar-refractivity contribution in [3.63, 3.8) is 0 Å². The van der Waals surface area contributed by atoms with E-state index >= 15 is 0 Å². The fourth-order valence-corrected chi connectivity index (χ4v) is 2.42. The van der Waals surface area contributed by atoms with Crippen molar-refractivity contribution in [3.8, 4) is 0 Å². The molecule has 1 fully saturated rings. The molecule has 1 aromatic heterocycles. The quantitative estimate of drug-likeness (QED) is 0.596. The lowest BCUT2D eigenvalue weighted by atomic mass is 9.89. The molecule has 1 saturated heterocycles.